The number of hydrogen-bond donors (Lipinski definition) is 1. The summed E-state index contributed by atoms with van der Waals surface area (Å²) in [5.74, 6) is 1.96. The Balaban J connectivity index is 2.31. The number of nitrogens with one attached hydrogen (secondary N) is 1. The number of aromatic nitrogens is 2. The van der Waals surface area contributed by atoms with Crippen LogP contribution in [0.5, 0.6) is 0 Å². The van der Waals surface area contributed by atoms with E-state index >= 15 is 0 Å². The Kier molecular flexibility index (Phi) is 5.53. The van der Waals surface area contributed by atoms with Crippen molar-refractivity contribution in [1.82, 2.24) is 14.9 Å². The maximum Gasteiger partial charge on any atom is 0.108 e. The molecule has 16 heavy (non-hydrogen) atoms. The van der Waals surface area contributed by atoms with E-state index in [0.717, 1.165) is 18.9 Å². The van der Waals surface area contributed by atoms with Gasteiger partial charge in [0.1, 0.15) is 5.82 Å². The lowest BCUT2D eigenvalue weighted by Gasteiger charge is -2.17. The van der Waals surface area contributed by atoms with Gasteiger partial charge < -0.3 is 9.88 Å². The van der Waals surface area contributed by atoms with Crippen molar-refractivity contribution in [3.8, 4) is 0 Å². The van der Waals surface area contributed by atoms with Gasteiger partial charge in [-0.1, -0.05) is 27.2 Å². The van der Waals surface area contributed by atoms with E-state index in [1.54, 1.807) is 0 Å². The van der Waals surface area contributed by atoms with Gasteiger partial charge in [-0.3, -0.25) is 0 Å². The first kappa shape index (κ1) is 13.2. The molecule has 0 aliphatic heterocycles. The van der Waals surface area contributed by atoms with Crippen molar-refractivity contribution >= 4 is 0 Å². The van der Waals surface area contributed by atoms with Crippen LogP contribution in [0.15, 0.2) is 12.4 Å². The molecule has 1 rings (SSSR count). The Hall–Kier alpha value is -0.830. The second kappa shape index (κ2) is 6.69. The zero-order valence-electron chi connectivity index (χ0n) is 11.0. The SMILES string of the molecule is CCC(CCc1nccn1C)CNC(C)C. The maximum atomic E-state index is 4.36. The van der Waals surface area contributed by atoms with Gasteiger partial charge in [0.05, 0.1) is 0 Å². The second-order valence-electron chi connectivity index (χ2n) is 4.83. The summed E-state index contributed by atoms with van der Waals surface area (Å²) >= 11 is 0. The molecule has 0 fully saturated rings. The van der Waals surface area contributed by atoms with E-state index in [-0.39, 0.29) is 0 Å². The molecular formula is C13H25N3. The second-order valence-corrected chi connectivity index (χ2v) is 4.83. The van der Waals surface area contributed by atoms with E-state index in [1.807, 2.05) is 12.4 Å². The van der Waals surface area contributed by atoms with Crippen molar-refractivity contribution in [2.75, 3.05) is 6.54 Å². The first-order valence-corrected chi connectivity index (χ1v) is 6.33. The quantitative estimate of drug-likeness (QED) is 0.769. The van der Waals surface area contributed by atoms with Gasteiger partial charge in [0, 0.05) is 31.9 Å². The van der Waals surface area contributed by atoms with Crippen LogP contribution in [-0.4, -0.2) is 22.1 Å². The molecule has 1 atom stereocenters. The van der Waals surface area contributed by atoms with Gasteiger partial charge in [0.25, 0.3) is 0 Å². The number of nitrogens with zero attached hydrogens (tertiary/aromatic N) is 2. The van der Waals surface area contributed by atoms with E-state index in [9.17, 15) is 0 Å². The normalized spacial score (nSPS) is 13.3. The Labute approximate surface area is 99.3 Å². The highest BCUT2D eigenvalue weighted by Gasteiger charge is 2.08. The number of aryl methyl sites for hydroxylation is 2. The topological polar surface area (TPSA) is 29.9 Å². The molecule has 1 aromatic rings. The minimum Gasteiger partial charge on any atom is -0.338 e. The average molecular weight is 223 g/mol. The minimum absolute atomic E-state index is 0.585. The summed E-state index contributed by atoms with van der Waals surface area (Å²) in [5.41, 5.74) is 0. The fraction of sp³-hybridized carbons (Fsp3) is 0.769. The van der Waals surface area contributed by atoms with Gasteiger partial charge in [0.2, 0.25) is 0 Å². The summed E-state index contributed by atoms with van der Waals surface area (Å²) in [6, 6.07) is 0.585. The van der Waals surface area contributed by atoms with Gasteiger partial charge in [-0.25, -0.2) is 4.98 Å². The summed E-state index contributed by atoms with van der Waals surface area (Å²) in [4.78, 5) is 4.36. The molecule has 0 spiro atoms. The molecule has 0 amide bonds. The molecule has 3 heteroatoms. The zero-order chi connectivity index (χ0) is 12.0. The number of rotatable bonds is 7. The van der Waals surface area contributed by atoms with Crippen LogP contribution < -0.4 is 5.32 Å². The average Bonchev–Trinajstić information content (AvgIpc) is 2.64. The van der Waals surface area contributed by atoms with Crippen LogP contribution in [0.1, 0.15) is 39.4 Å². The maximum absolute atomic E-state index is 4.36. The van der Waals surface area contributed by atoms with Crippen molar-refractivity contribution in [3.05, 3.63) is 18.2 Å². The monoisotopic (exact) mass is 223 g/mol. The van der Waals surface area contributed by atoms with Crippen LogP contribution in [-0.2, 0) is 13.5 Å². The van der Waals surface area contributed by atoms with E-state index in [4.69, 9.17) is 0 Å². The fourth-order valence-corrected chi connectivity index (χ4v) is 1.82. The summed E-state index contributed by atoms with van der Waals surface area (Å²) in [6.45, 7) is 7.79. The number of hydrogen-bond acceptors (Lipinski definition) is 2. The van der Waals surface area contributed by atoms with E-state index in [1.165, 1.54) is 18.7 Å². The molecule has 0 aromatic carbocycles. The van der Waals surface area contributed by atoms with Crippen molar-refractivity contribution in [1.29, 1.82) is 0 Å². The molecule has 1 N–H and O–H groups in total. The van der Waals surface area contributed by atoms with Crippen molar-refractivity contribution in [3.63, 3.8) is 0 Å². The van der Waals surface area contributed by atoms with Gasteiger partial charge in [-0.05, 0) is 18.9 Å². The Morgan fingerprint density at radius 3 is 2.69 bits per heavy atom. The van der Waals surface area contributed by atoms with Crippen LogP contribution in [0.3, 0.4) is 0 Å². The molecule has 0 aliphatic carbocycles. The lowest BCUT2D eigenvalue weighted by molar-refractivity contribution is 0.409. The van der Waals surface area contributed by atoms with Crippen LogP contribution in [0, 0.1) is 5.92 Å². The Bertz CT molecular complexity index is 291. The number of imidazole rings is 1. The fourth-order valence-electron chi connectivity index (χ4n) is 1.82. The molecule has 1 unspecified atom stereocenters. The standard InChI is InChI=1S/C13H25N3/c1-5-12(10-15-11(2)3)6-7-13-14-8-9-16(13)4/h8-9,11-12,15H,5-7,10H2,1-4H3. The summed E-state index contributed by atoms with van der Waals surface area (Å²) in [5, 5.41) is 3.51. The molecule has 1 aromatic heterocycles. The van der Waals surface area contributed by atoms with Crippen LogP contribution >= 0.6 is 0 Å². The lowest BCUT2D eigenvalue weighted by Crippen LogP contribution is -2.29. The molecule has 3 nitrogen and oxygen atoms in total. The predicted octanol–water partition coefficient (Wildman–Crippen LogP) is 2.38. The highest BCUT2D eigenvalue weighted by atomic mass is 15.0. The first-order chi connectivity index (χ1) is 7.63. The summed E-state index contributed by atoms with van der Waals surface area (Å²) in [7, 11) is 2.07. The Morgan fingerprint density at radius 1 is 1.44 bits per heavy atom. The molecule has 1 heterocycles. The van der Waals surface area contributed by atoms with Gasteiger partial charge >= 0.3 is 0 Å². The van der Waals surface area contributed by atoms with Crippen molar-refractivity contribution in [2.45, 2.75) is 46.1 Å². The van der Waals surface area contributed by atoms with E-state index in [2.05, 4.69) is 42.7 Å². The summed E-state index contributed by atoms with van der Waals surface area (Å²) in [6.07, 6.45) is 7.44. The first-order valence-electron chi connectivity index (χ1n) is 6.33. The van der Waals surface area contributed by atoms with Gasteiger partial charge in [-0.15, -0.1) is 0 Å². The van der Waals surface area contributed by atoms with Crippen LogP contribution in [0.4, 0.5) is 0 Å². The molecule has 0 aliphatic rings. The third kappa shape index (κ3) is 4.35. The minimum atomic E-state index is 0.585. The molecule has 92 valence electrons. The third-order valence-electron chi connectivity index (χ3n) is 3.09. The van der Waals surface area contributed by atoms with Crippen molar-refractivity contribution in [2.24, 2.45) is 13.0 Å². The van der Waals surface area contributed by atoms with Gasteiger partial charge in [0.15, 0.2) is 0 Å². The highest BCUT2D eigenvalue weighted by Crippen LogP contribution is 2.11. The largest absolute Gasteiger partial charge is 0.338 e. The summed E-state index contributed by atoms with van der Waals surface area (Å²) < 4.78 is 2.11. The molecular weight excluding hydrogens is 198 g/mol. The van der Waals surface area contributed by atoms with Crippen molar-refractivity contribution < 1.29 is 0 Å². The van der Waals surface area contributed by atoms with Gasteiger partial charge in [-0.2, -0.15) is 0 Å². The molecule has 0 saturated heterocycles. The smallest absolute Gasteiger partial charge is 0.108 e. The highest BCUT2D eigenvalue weighted by molar-refractivity contribution is 4.91. The lowest BCUT2D eigenvalue weighted by atomic mass is 10.00. The molecule has 0 bridgehead atoms. The molecule has 0 saturated carbocycles. The predicted molar refractivity (Wildman–Crippen MR) is 68.4 cm³/mol. The third-order valence-corrected chi connectivity index (χ3v) is 3.09. The zero-order valence-corrected chi connectivity index (χ0v) is 11.0. The molecule has 0 radical (unpaired) electrons. The van der Waals surface area contributed by atoms with E-state index < -0.39 is 0 Å². The Morgan fingerprint density at radius 2 is 2.19 bits per heavy atom. The van der Waals surface area contributed by atoms with Crippen LogP contribution in [0.2, 0.25) is 0 Å². The van der Waals surface area contributed by atoms with E-state index in [0.29, 0.717) is 6.04 Å². The van der Waals surface area contributed by atoms with Crippen LogP contribution in [0.25, 0.3) is 0 Å².